The molecule has 0 atom stereocenters. The number of rotatable bonds is 7. The molecule has 0 bridgehead atoms. The van der Waals surface area contributed by atoms with Crippen LogP contribution in [0.2, 0.25) is 0 Å². The van der Waals surface area contributed by atoms with Crippen molar-refractivity contribution in [2.45, 2.75) is 0 Å². The molecule has 0 unspecified atom stereocenters. The third kappa shape index (κ3) is 41.4. The Morgan fingerprint density at radius 2 is 1.20 bits per heavy atom. The average Bonchev–Trinajstić information content (AvgIpc) is 2.08. The van der Waals surface area contributed by atoms with Crippen LogP contribution in [0.5, 0.6) is 0 Å². The molecular formula is C6H15F2O6P. The van der Waals surface area contributed by atoms with Gasteiger partial charge in [0, 0.05) is 0 Å². The van der Waals surface area contributed by atoms with Crippen LogP contribution >= 0.6 is 7.99 Å². The second kappa shape index (κ2) is 12.0. The van der Waals surface area contributed by atoms with Crippen molar-refractivity contribution in [1.29, 1.82) is 0 Å². The third-order valence-electron chi connectivity index (χ3n) is 0.843. The van der Waals surface area contributed by atoms with Crippen LogP contribution in [0, 0.1) is 0 Å². The van der Waals surface area contributed by atoms with E-state index >= 15 is 0 Å². The van der Waals surface area contributed by atoms with Crippen LogP contribution in [0.4, 0.5) is 8.39 Å². The number of ether oxygens (including phenoxy) is 2. The molecule has 0 spiro atoms. The van der Waals surface area contributed by atoms with Crippen LogP contribution in [0.15, 0.2) is 0 Å². The van der Waals surface area contributed by atoms with Gasteiger partial charge in [0.1, 0.15) is 0 Å². The van der Waals surface area contributed by atoms with Gasteiger partial charge < -0.3 is 19.7 Å². The second-order valence-electron chi connectivity index (χ2n) is 2.11. The maximum atomic E-state index is 10.1. The lowest BCUT2D eigenvalue weighted by Gasteiger charge is -2.01. The Labute approximate surface area is 86.1 Å². The largest absolute Gasteiger partial charge is 0.549 e. The predicted octanol–water partition coefficient (Wildman–Crippen LogP) is 0.0300. The van der Waals surface area contributed by atoms with Gasteiger partial charge in [-0.1, -0.05) is 0 Å². The summed E-state index contributed by atoms with van der Waals surface area (Å²) >= 11 is 0. The van der Waals surface area contributed by atoms with Crippen LogP contribution in [-0.2, 0) is 14.0 Å². The van der Waals surface area contributed by atoms with E-state index < -0.39 is 7.99 Å². The highest BCUT2D eigenvalue weighted by molar-refractivity contribution is 7.46. The summed E-state index contributed by atoms with van der Waals surface area (Å²) in [5.74, 6) is 0. The fraction of sp³-hybridized carbons (Fsp3) is 1.00. The highest BCUT2D eigenvalue weighted by Gasteiger charge is 2.09. The van der Waals surface area contributed by atoms with Crippen molar-refractivity contribution in [3.05, 3.63) is 0 Å². The maximum absolute atomic E-state index is 10.1. The molecule has 15 heavy (non-hydrogen) atoms. The van der Waals surface area contributed by atoms with Gasteiger partial charge in [-0.3, -0.25) is 4.89 Å². The van der Waals surface area contributed by atoms with E-state index in [2.05, 4.69) is 0 Å². The maximum Gasteiger partial charge on any atom is 0.549 e. The van der Waals surface area contributed by atoms with Crippen LogP contribution in [0.25, 0.3) is 0 Å². The van der Waals surface area contributed by atoms with Gasteiger partial charge >= 0.3 is 7.99 Å². The molecule has 3 N–H and O–H groups in total. The number of hydrogen-bond acceptors (Lipinski definition) is 5. The monoisotopic (exact) mass is 252 g/mol. The summed E-state index contributed by atoms with van der Waals surface area (Å²) in [6, 6.07) is 0. The van der Waals surface area contributed by atoms with E-state index in [9.17, 15) is 8.39 Å². The van der Waals surface area contributed by atoms with E-state index in [1.165, 1.54) is 0 Å². The van der Waals surface area contributed by atoms with Gasteiger partial charge in [-0.15, -0.1) is 8.39 Å². The fourth-order valence-electron chi connectivity index (χ4n) is 0.451. The predicted molar refractivity (Wildman–Crippen MR) is 47.9 cm³/mol. The fourth-order valence-corrected chi connectivity index (χ4v) is 0.451. The first kappa shape index (κ1) is 17.3. The normalized spacial score (nSPS) is 10.7. The number of aliphatic hydroxyl groups excluding tert-OH is 2. The van der Waals surface area contributed by atoms with E-state index in [-0.39, 0.29) is 13.2 Å². The molecular weight excluding hydrogens is 237 g/mol. The molecule has 0 fully saturated rings. The SMILES string of the molecule is O=P(O)(F)F.OCCOCCOCCO. The van der Waals surface area contributed by atoms with Crippen molar-refractivity contribution in [2.24, 2.45) is 0 Å². The van der Waals surface area contributed by atoms with E-state index in [1.54, 1.807) is 0 Å². The standard InChI is InChI=1S/C6H14O4.F2HO2P/c7-1-3-9-5-6-10-4-2-8;1-5(2,3)4/h7-8H,1-6H2;(H,3,4). The van der Waals surface area contributed by atoms with Gasteiger partial charge in [0.05, 0.1) is 39.6 Å². The molecule has 0 aliphatic carbocycles. The van der Waals surface area contributed by atoms with E-state index in [4.69, 9.17) is 29.1 Å². The molecule has 0 aromatic rings. The molecule has 9 heteroatoms. The lowest BCUT2D eigenvalue weighted by Crippen LogP contribution is -2.09. The zero-order valence-corrected chi connectivity index (χ0v) is 8.91. The van der Waals surface area contributed by atoms with Crippen LogP contribution < -0.4 is 0 Å². The molecule has 0 aromatic carbocycles. The second-order valence-corrected chi connectivity index (χ2v) is 2.98. The molecule has 0 saturated carbocycles. The van der Waals surface area contributed by atoms with Gasteiger partial charge in [-0.05, 0) is 0 Å². The van der Waals surface area contributed by atoms with Crippen molar-refractivity contribution in [3.8, 4) is 0 Å². The molecule has 0 aliphatic heterocycles. The number of halogens is 2. The summed E-state index contributed by atoms with van der Waals surface area (Å²) in [5.41, 5.74) is 0. The average molecular weight is 252 g/mol. The molecule has 0 aliphatic rings. The van der Waals surface area contributed by atoms with Crippen molar-refractivity contribution < 1.29 is 37.5 Å². The van der Waals surface area contributed by atoms with Gasteiger partial charge in [0.2, 0.25) is 0 Å². The van der Waals surface area contributed by atoms with Gasteiger partial charge in [0.15, 0.2) is 0 Å². The minimum absolute atomic E-state index is 0.0417. The lowest BCUT2D eigenvalue weighted by molar-refractivity contribution is 0.0222. The summed E-state index contributed by atoms with van der Waals surface area (Å²) in [5, 5.41) is 16.5. The zero-order chi connectivity index (χ0) is 12.2. The Bertz CT molecular complexity index is 147. The Kier molecular flexibility index (Phi) is 13.8. The summed E-state index contributed by atoms with van der Waals surface area (Å²) in [6.45, 7) is 1.73. The highest BCUT2D eigenvalue weighted by atomic mass is 31.2. The Morgan fingerprint density at radius 1 is 0.933 bits per heavy atom. The summed E-state index contributed by atoms with van der Waals surface area (Å²) in [4.78, 5) is 6.74. The van der Waals surface area contributed by atoms with Crippen molar-refractivity contribution >= 4 is 7.99 Å². The van der Waals surface area contributed by atoms with Gasteiger partial charge in [0.25, 0.3) is 0 Å². The van der Waals surface area contributed by atoms with E-state index in [0.29, 0.717) is 26.4 Å². The molecule has 94 valence electrons. The van der Waals surface area contributed by atoms with E-state index in [1.807, 2.05) is 0 Å². The van der Waals surface area contributed by atoms with Crippen LogP contribution in [0.3, 0.4) is 0 Å². The Hall–Kier alpha value is -0.110. The van der Waals surface area contributed by atoms with Crippen LogP contribution in [0.1, 0.15) is 0 Å². The summed E-state index contributed by atoms with van der Waals surface area (Å²) < 4.78 is 38.4. The van der Waals surface area contributed by atoms with Crippen molar-refractivity contribution in [3.63, 3.8) is 0 Å². The highest BCUT2D eigenvalue weighted by Crippen LogP contribution is 2.43. The summed E-state index contributed by atoms with van der Waals surface area (Å²) in [6.07, 6.45) is 0. The minimum atomic E-state index is -5.64. The summed E-state index contributed by atoms with van der Waals surface area (Å²) in [7, 11) is -5.64. The molecule has 0 radical (unpaired) electrons. The lowest BCUT2D eigenvalue weighted by atomic mass is 10.7. The molecule has 0 amide bonds. The minimum Gasteiger partial charge on any atom is -0.394 e. The molecule has 0 heterocycles. The quantitative estimate of drug-likeness (QED) is 0.437. The topological polar surface area (TPSA) is 96.2 Å². The van der Waals surface area contributed by atoms with E-state index in [0.717, 1.165) is 0 Å². The van der Waals surface area contributed by atoms with Crippen molar-refractivity contribution in [2.75, 3.05) is 39.6 Å². The zero-order valence-electron chi connectivity index (χ0n) is 8.01. The first-order chi connectivity index (χ1) is 6.91. The molecule has 0 saturated heterocycles. The van der Waals surface area contributed by atoms with Gasteiger partial charge in [-0.25, -0.2) is 4.57 Å². The first-order valence-electron chi connectivity index (χ1n) is 4.01. The molecule has 6 nitrogen and oxygen atoms in total. The van der Waals surface area contributed by atoms with Crippen LogP contribution in [-0.4, -0.2) is 54.7 Å². The van der Waals surface area contributed by atoms with Gasteiger partial charge in [-0.2, -0.15) is 0 Å². The van der Waals surface area contributed by atoms with Crippen molar-refractivity contribution in [1.82, 2.24) is 0 Å². The molecule has 0 rings (SSSR count). The number of aliphatic hydroxyl groups is 2. The number of hydrogen-bond donors (Lipinski definition) is 3. The third-order valence-corrected chi connectivity index (χ3v) is 0.843. The first-order valence-corrected chi connectivity index (χ1v) is 5.45. The molecule has 0 aromatic heterocycles. The Morgan fingerprint density at radius 3 is 1.40 bits per heavy atom. The Balaban J connectivity index is 0. The smallest absolute Gasteiger partial charge is 0.394 e.